The molecule has 7 aromatic rings. The van der Waals surface area contributed by atoms with E-state index in [1.54, 1.807) is 71.5 Å². The van der Waals surface area contributed by atoms with Crippen molar-refractivity contribution in [2.75, 3.05) is 13.7 Å². The van der Waals surface area contributed by atoms with Gasteiger partial charge in [-0.25, -0.2) is 18.7 Å². The topological polar surface area (TPSA) is 174 Å². The van der Waals surface area contributed by atoms with Gasteiger partial charge in [0.2, 0.25) is 0 Å². The second-order valence-electron chi connectivity index (χ2n) is 24.5. The van der Waals surface area contributed by atoms with Crippen molar-refractivity contribution in [1.29, 1.82) is 0 Å². The maximum atomic E-state index is 14.9. The summed E-state index contributed by atoms with van der Waals surface area (Å²) >= 11 is 0. The summed E-state index contributed by atoms with van der Waals surface area (Å²) in [4.78, 5) is 43.0. The van der Waals surface area contributed by atoms with Crippen LogP contribution in [0.4, 0.5) is 4.39 Å². The molecule has 15 atom stereocenters. The minimum Gasteiger partial charge on any atom is -0.469 e. The predicted octanol–water partition coefficient (Wildman–Crippen LogP) is 12.9. The fraction of sp³-hybridized carbons (Fsp3) is 0.438. The molecule has 6 aromatic carbocycles. The second kappa shape index (κ2) is 31.0. The molecule has 4 aliphatic rings. The van der Waals surface area contributed by atoms with Crippen LogP contribution < -0.4 is 0 Å². The maximum absolute atomic E-state index is 14.9. The Labute approximate surface area is 526 Å². The van der Waals surface area contributed by atoms with Gasteiger partial charge in [-0.2, -0.15) is 0 Å². The van der Waals surface area contributed by atoms with E-state index in [9.17, 15) is 18.8 Å². The molecule has 2 aliphatic carbocycles. The summed E-state index contributed by atoms with van der Waals surface area (Å²) < 4.78 is 85.6. The van der Waals surface area contributed by atoms with Crippen LogP contribution in [0.5, 0.6) is 0 Å². The van der Waals surface area contributed by atoms with E-state index in [1.165, 1.54) is 25.7 Å². The standard InChI is InChI=1S/C73H82FN3O13/c1-47-49(3)85-72(67(83-45-53-30-17-8-18-31-53)64(47)82-44-52-28-15-7-16-29-52)90-66-61(77-43-60(75-76-77)56-36-23-37-58(74)40-56)41-57(69(78)81-4)42-62(66)87-73-68(89-71(80)55-34-21-10-22-35-55)65(48(2)63(88-73)46-84-70(79)54-32-19-9-20-33-54)86-59(38-50-24-11-5-12-25-50)39-51-26-13-6-14-27-51/h5,7-12,15-25,28-37,40,43,47-49,51,57,59,61-68,72-73H,6,13-14,26-27,38-39,41-42,44-46H2,1-4H3/t47-,48+,49?,57?,59-,61?,62-,63?,64+,65+,66-,67?,68?,72+,73-/m1/s1. The van der Waals surface area contributed by atoms with Gasteiger partial charge < -0.3 is 47.4 Å². The molecule has 0 amide bonds. The first-order valence-corrected chi connectivity index (χ1v) is 31.8. The van der Waals surface area contributed by atoms with E-state index in [-0.39, 0.29) is 50.2 Å². The molecule has 0 N–H and O–H groups in total. The van der Waals surface area contributed by atoms with Crippen LogP contribution in [0, 0.1) is 29.5 Å². The van der Waals surface area contributed by atoms with E-state index in [4.69, 9.17) is 47.4 Å². The largest absolute Gasteiger partial charge is 0.469 e. The Hall–Kier alpha value is -7.48. The first kappa shape index (κ1) is 64.1. The number of halogens is 1. The van der Waals surface area contributed by atoms with E-state index >= 15 is 0 Å². The van der Waals surface area contributed by atoms with Gasteiger partial charge in [-0.3, -0.25) is 4.79 Å². The number of benzene rings is 6. The Morgan fingerprint density at radius 3 is 1.86 bits per heavy atom. The van der Waals surface area contributed by atoms with Crippen molar-refractivity contribution >= 4 is 17.9 Å². The summed E-state index contributed by atoms with van der Waals surface area (Å²) in [6.07, 6.45) is -1.41. The van der Waals surface area contributed by atoms with Crippen LogP contribution in [0.2, 0.25) is 0 Å². The first-order chi connectivity index (χ1) is 43.9. The molecular weight excluding hydrogens is 1150 g/mol. The normalized spacial score (nSPS) is 27.5. The highest BCUT2D eigenvalue weighted by molar-refractivity contribution is 5.90. The molecule has 17 heteroatoms. The van der Waals surface area contributed by atoms with Gasteiger partial charge in [-0.1, -0.05) is 191 Å². The molecule has 1 aromatic heterocycles. The molecule has 2 saturated carbocycles. The van der Waals surface area contributed by atoms with Gasteiger partial charge in [-0.15, -0.1) is 5.10 Å². The van der Waals surface area contributed by atoms with Gasteiger partial charge in [0.1, 0.15) is 42.5 Å². The zero-order chi connectivity index (χ0) is 62.3. The zero-order valence-corrected chi connectivity index (χ0v) is 51.6. The number of carbonyl (C=O) groups excluding carboxylic acids is 3. The lowest BCUT2D eigenvalue weighted by Gasteiger charge is -2.50. The van der Waals surface area contributed by atoms with Crippen LogP contribution >= 0.6 is 0 Å². The number of esters is 3. The number of methoxy groups -OCH3 is 1. The van der Waals surface area contributed by atoms with E-state index < -0.39 is 103 Å². The number of nitrogens with zero attached hydrogens (tertiary/aromatic N) is 3. The molecule has 6 unspecified atom stereocenters. The molecule has 16 nitrogen and oxygen atoms in total. The summed E-state index contributed by atoms with van der Waals surface area (Å²) in [6.45, 7) is 6.24. The maximum Gasteiger partial charge on any atom is 0.338 e. The van der Waals surface area contributed by atoms with Crippen molar-refractivity contribution in [2.24, 2.45) is 23.7 Å². The molecule has 90 heavy (non-hydrogen) atoms. The molecule has 2 saturated heterocycles. The third-order valence-electron chi connectivity index (χ3n) is 18.3. The SMILES string of the molecule is COC(=O)C1CC(n2cc(-c3cccc(F)c3)nn2)[C@@H](O[C@@H]2OC(C)[C@@H](C)[C@H](OCc3ccccc3)C2OCc2ccccc2)[C@H](O[C@@H]2OC(COC(=O)c3ccccc3)[C@H](C)[C@H](O[C@H](Cc3ccccc3)CC3CCCCC3)C2OC(=O)c2ccccc2)C1. The smallest absolute Gasteiger partial charge is 0.338 e. The lowest BCUT2D eigenvalue weighted by molar-refractivity contribution is -0.347. The van der Waals surface area contributed by atoms with E-state index in [0.29, 0.717) is 29.2 Å². The lowest BCUT2D eigenvalue weighted by atomic mass is 9.81. The highest BCUT2D eigenvalue weighted by Gasteiger charge is 2.55. The zero-order valence-electron chi connectivity index (χ0n) is 51.6. The number of rotatable bonds is 24. The van der Waals surface area contributed by atoms with Crippen molar-refractivity contribution in [3.63, 3.8) is 0 Å². The van der Waals surface area contributed by atoms with Crippen molar-refractivity contribution < 1.29 is 66.1 Å². The molecule has 4 fully saturated rings. The predicted molar refractivity (Wildman–Crippen MR) is 333 cm³/mol. The summed E-state index contributed by atoms with van der Waals surface area (Å²) in [5, 5.41) is 9.24. The number of carbonyl (C=O) groups is 3. The van der Waals surface area contributed by atoms with E-state index in [2.05, 4.69) is 29.4 Å². The van der Waals surface area contributed by atoms with E-state index in [1.807, 2.05) is 105 Å². The highest BCUT2D eigenvalue weighted by Crippen LogP contribution is 2.44. The molecule has 0 spiro atoms. The van der Waals surface area contributed by atoms with Crippen LogP contribution in [0.15, 0.2) is 182 Å². The average Bonchev–Trinajstić information content (AvgIpc) is 1.10. The summed E-state index contributed by atoms with van der Waals surface area (Å²) in [7, 11) is 1.34. The molecule has 0 bridgehead atoms. The van der Waals surface area contributed by atoms with Crippen LogP contribution in [-0.2, 0) is 71.8 Å². The average molecular weight is 1230 g/mol. The van der Waals surface area contributed by atoms with Gasteiger partial charge >= 0.3 is 17.9 Å². The van der Waals surface area contributed by atoms with Gasteiger partial charge in [-0.05, 0) is 91.6 Å². The molecule has 3 heterocycles. The summed E-state index contributed by atoms with van der Waals surface area (Å²) in [5.74, 6) is -3.39. The van der Waals surface area contributed by atoms with Gasteiger partial charge in [0.25, 0.3) is 0 Å². The highest BCUT2D eigenvalue weighted by atomic mass is 19.1. The van der Waals surface area contributed by atoms with Crippen LogP contribution in [0.25, 0.3) is 11.3 Å². The third kappa shape index (κ3) is 16.3. The Bertz CT molecular complexity index is 3360. The first-order valence-electron chi connectivity index (χ1n) is 31.8. The Morgan fingerprint density at radius 2 is 1.22 bits per heavy atom. The number of ether oxygens (including phenoxy) is 10. The molecule has 2 aliphatic heterocycles. The Balaban J connectivity index is 1.02. The lowest BCUT2D eigenvalue weighted by Crippen LogP contribution is -2.62. The van der Waals surface area contributed by atoms with Gasteiger partial charge in [0, 0.05) is 17.4 Å². The monoisotopic (exact) mass is 1230 g/mol. The van der Waals surface area contributed by atoms with Crippen LogP contribution in [-0.4, -0.2) is 114 Å². The number of hydrogen-bond acceptors (Lipinski definition) is 15. The fourth-order valence-corrected chi connectivity index (χ4v) is 13.2. The van der Waals surface area contributed by atoms with Crippen molar-refractivity contribution in [3.8, 4) is 11.3 Å². The third-order valence-corrected chi connectivity index (χ3v) is 18.3. The Kier molecular flexibility index (Phi) is 22.1. The molecule has 0 radical (unpaired) electrons. The molecule has 11 rings (SSSR count). The van der Waals surface area contributed by atoms with Crippen LogP contribution in [0.3, 0.4) is 0 Å². The van der Waals surface area contributed by atoms with Crippen molar-refractivity contribution in [1.82, 2.24) is 15.0 Å². The summed E-state index contributed by atoms with van der Waals surface area (Å²) in [6, 6.07) is 52.6. The van der Waals surface area contributed by atoms with Gasteiger partial charge in [0.15, 0.2) is 18.7 Å². The van der Waals surface area contributed by atoms with E-state index in [0.717, 1.165) is 48.8 Å². The number of hydrogen-bond donors (Lipinski definition) is 0. The summed E-state index contributed by atoms with van der Waals surface area (Å²) in [5.41, 5.74) is 4.46. The second-order valence-corrected chi connectivity index (χ2v) is 24.5. The molecule has 474 valence electrons. The minimum atomic E-state index is -1.46. The quantitative estimate of drug-likeness (QED) is 0.0412. The Morgan fingerprint density at radius 1 is 0.622 bits per heavy atom. The van der Waals surface area contributed by atoms with Crippen molar-refractivity contribution in [3.05, 3.63) is 216 Å². The fourth-order valence-electron chi connectivity index (χ4n) is 13.2. The molecular formula is C73H82FN3O13. The number of aromatic nitrogens is 3. The van der Waals surface area contributed by atoms with Gasteiger partial charge in [0.05, 0.1) is 74.0 Å². The van der Waals surface area contributed by atoms with Crippen molar-refractivity contribution in [2.45, 2.75) is 165 Å². The van der Waals surface area contributed by atoms with Crippen LogP contribution in [0.1, 0.15) is 116 Å². The minimum absolute atomic E-state index is 0.00764.